The van der Waals surface area contributed by atoms with Crippen LogP contribution in [0.25, 0.3) is 11.0 Å². The number of hydrogen-bond donors (Lipinski definition) is 1. The number of ether oxygens (including phenoxy) is 1. The van der Waals surface area contributed by atoms with Crippen LogP contribution in [0.15, 0.2) is 20.2 Å². The number of carbonyl (C=O) groups excluding carboxylic acids is 1. The Kier molecular flexibility index (Phi) is 3.55. The molecule has 0 saturated carbocycles. The number of hydrogen-bond acceptors (Lipinski definition) is 6. The zero-order chi connectivity index (χ0) is 14.2. The number of aryl methyl sites for hydroxylation is 1. The molecule has 2 aromatic rings. The monoisotopic (exact) mass is 377 g/mol. The van der Waals surface area contributed by atoms with Gasteiger partial charge in [0.1, 0.15) is 5.39 Å². The molecule has 0 radical (unpaired) electrons. The molecule has 0 aliphatic heterocycles. The number of nitrogens with one attached hydrogen (secondary N) is 1. The normalized spacial score (nSPS) is 10.5. The number of aromatic nitrogens is 2. The molecule has 100 valence electrons. The van der Waals surface area contributed by atoms with Crippen molar-refractivity contribution in [1.82, 2.24) is 9.55 Å². The summed E-state index contributed by atoms with van der Waals surface area (Å²) in [5.74, 6) is -0.824. The minimum Gasteiger partial charge on any atom is -0.453 e. The third-order valence-electron chi connectivity index (χ3n) is 2.40. The van der Waals surface area contributed by atoms with Gasteiger partial charge in [-0.15, -0.1) is 0 Å². The Labute approximate surface area is 119 Å². The first-order chi connectivity index (χ1) is 8.95. The summed E-state index contributed by atoms with van der Waals surface area (Å²) in [7, 11) is 2.61. The summed E-state index contributed by atoms with van der Waals surface area (Å²) in [5, 5.41) is 2.42. The first-order valence-corrected chi connectivity index (χ1v) is 6.07. The number of methoxy groups -OCH3 is 1. The van der Waals surface area contributed by atoms with E-state index in [0.717, 1.165) is 4.57 Å². The quantitative estimate of drug-likeness (QED) is 0.733. The Morgan fingerprint density at radius 3 is 2.84 bits per heavy atom. The zero-order valence-electron chi connectivity index (χ0n) is 9.89. The lowest BCUT2D eigenvalue weighted by Crippen LogP contribution is -2.25. The molecule has 0 unspecified atom stereocenters. The van der Waals surface area contributed by atoms with E-state index in [4.69, 9.17) is 0 Å². The number of nitrogens with zero attached hydrogens (tertiary/aromatic N) is 2. The molecular formula is C10H8IN3O5. The van der Waals surface area contributed by atoms with E-state index in [1.807, 2.05) is 22.6 Å². The van der Waals surface area contributed by atoms with Crippen LogP contribution >= 0.6 is 22.6 Å². The smallest absolute Gasteiger partial charge is 0.423 e. The first kappa shape index (κ1) is 13.5. The minimum absolute atomic E-state index is 0.0133. The maximum Gasteiger partial charge on any atom is 0.423 e. The van der Waals surface area contributed by atoms with E-state index in [0.29, 0.717) is 3.57 Å². The van der Waals surface area contributed by atoms with Gasteiger partial charge >= 0.3 is 17.5 Å². The van der Waals surface area contributed by atoms with Crippen molar-refractivity contribution in [1.29, 1.82) is 0 Å². The third-order valence-corrected chi connectivity index (χ3v) is 3.22. The van der Waals surface area contributed by atoms with Gasteiger partial charge in [-0.05, 0) is 22.6 Å². The Bertz CT molecular complexity index is 779. The lowest BCUT2D eigenvalue weighted by Gasteiger charge is -2.09. The van der Waals surface area contributed by atoms with E-state index >= 15 is 0 Å². The molecule has 8 nitrogen and oxygen atoms in total. The molecule has 2 aromatic heterocycles. The highest BCUT2D eigenvalue weighted by Crippen LogP contribution is 2.23. The summed E-state index contributed by atoms with van der Waals surface area (Å²) in [6, 6.07) is 0. The van der Waals surface area contributed by atoms with Crippen molar-refractivity contribution >= 4 is 45.4 Å². The highest BCUT2D eigenvalue weighted by Gasteiger charge is 2.17. The van der Waals surface area contributed by atoms with Gasteiger partial charge in [0.2, 0.25) is 0 Å². The van der Waals surface area contributed by atoms with Crippen LogP contribution in [0.3, 0.4) is 0 Å². The third kappa shape index (κ3) is 2.32. The maximum atomic E-state index is 11.8. The largest absolute Gasteiger partial charge is 0.453 e. The molecule has 0 aromatic carbocycles. The molecule has 0 atom stereocenters. The number of amides is 1. The van der Waals surface area contributed by atoms with Crippen molar-refractivity contribution in [2.24, 2.45) is 7.05 Å². The van der Waals surface area contributed by atoms with Gasteiger partial charge in [-0.25, -0.2) is 19.4 Å². The lowest BCUT2D eigenvalue weighted by molar-refractivity contribution is 0.187. The van der Waals surface area contributed by atoms with E-state index in [1.54, 1.807) is 0 Å². The van der Waals surface area contributed by atoms with E-state index in [9.17, 15) is 14.4 Å². The van der Waals surface area contributed by atoms with E-state index in [2.05, 4.69) is 19.5 Å². The van der Waals surface area contributed by atoms with E-state index in [1.165, 1.54) is 20.4 Å². The Morgan fingerprint density at radius 2 is 2.21 bits per heavy atom. The summed E-state index contributed by atoms with van der Waals surface area (Å²) >= 11 is 1.89. The Morgan fingerprint density at radius 1 is 1.53 bits per heavy atom. The predicted molar refractivity (Wildman–Crippen MR) is 74.3 cm³/mol. The number of anilines is 1. The average molecular weight is 377 g/mol. The topological polar surface area (TPSA) is 103 Å². The van der Waals surface area contributed by atoms with Crippen LogP contribution in [-0.4, -0.2) is 22.8 Å². The fourth-order valence-corrected chi connectivity index (χ4v) is 2.03. The minimum atomic E-state index is -0.865. The maximum absolute atomic E-state index is 11.8. The first-order valence-electron chi connectivity index (χ1n) is 4.99. The molecule has 0 spiro atoms. The van der Waals surface area contributed by atoms with Gasteiger partial charge in [-0.2, -0.15) is 0 Å². The van der Waals surface area contributed by atoms with Crippen LogP contribution in [0, 0.1) is 3.57 Å². The van der Waals surface area contributed by atoms with Crippen molar-refractivity contribution in [3.63, 3.8) is 0 Å². The van der Waals surface area contributed by atoms with Gasteiger partial charge in [0.25, 0.3) is 0 Å². The molecule has 0 aliphatic carbocycles. The van der Waals surface area contributed by atoms with Gasteiger partial charge in [0, 0.05) is 13.2 Å². The number of fused-ring (bicyclic) bond motifs is 1. The van der Waals surface area contributed by atoms with Crippen molar-refractivity contribution in [2.75, 3.05) is 12.4 Å². The van der Waals surface area contributed by atoms with Crippen LogP contribution in [0.5, 0.6) is 0 Å². The van der Waals surface area contributed by atoms with Crippen molar-refractivity contribution < 1.29 is 13.9 Å². The second kappa shape index (κ2) is 4.99. The summed E-state index contributed by atoms with van der Waals surface area (Å²) in [5.41, 5.74) is -0.551. The number of rotatable bonds is 1. The van der Waals surface area contributed by atoms with Crippen LogP contribution in [0.2, 0.25) is 0 Å². The summed E-state index contributed by atoms with van der Waals surface area (Å²) in [6.45, 7) is 0. The van der Waals surface area contributed by atoms with Crippen molar-refractivity contribution in [3.8, 4) is 0 Å². The fourth-order valence-electron chi connectivity index (χ4n) is 1.49. The van der Waals surface area contributed by atoms with Gasteiger partial charge in [0.15, 0.2) is 5.65 Å². The lowest BCUT2D eigenvalue weighted by atomic mass is 10.3. The van der Waals surface area contributed by atoms with Gasteiger partial charge in [-0.1, -0.05) is 0 Å². The second-order valence-electron chi connectivity index (χ2n) is 3.51. The zero-order valence-corrected chi connectivity index (χ0v) is 12.0. The Hall–Kier alpha value is -1.91. The molecule has 0 bridgehead atoms. The van der Waals surface area contributed by atoms with Gasteiger partial charge in [0.05, 0.1) is 16.4 Å². The molecule has 0 saturated heterocycles. The standard InChI is InChI=1S/C10H8IN3O5/c1-14-7-5(8(15)19-10(14)17)6(4(11)3-12-7)13-9(16)18-2/h3H,1-2H3,(H,12,13,16). The molecule has 9 heteroatoms. The summed E-state index contributed by atoms with van der Waals surface area (Å²) < 4.78 is 10.6. The Balaban J connectivity index is 2.86. The number of halogens is 1. The van der Waals surface area contributed by atoms with Crippen molar-refractivity contribution in [2.45, 2.75) is 0 Å². The molecule has 1 N–H and O–H groups in total. The van der Waals surface area contributed by atoms with Crippen LogP contribution in [-0.2, 0) is 11.8 Å². The summed E-state index contributed by atoms with van der Waals surface area (Å²) in [4.78, 5) is 38.4. The molecule has 0 fully saturated rings. The highest BCUT2D eigenvalue weighted by molar-refractivity contribution is 14.1. The van der Waals surface area contributed by atoms with Crippen molar-refractivity contribution in [3.05, 3.63) is 30.7 Å². The second-order valence-corrected chi connectivity index (χ2v) is 4.67. The van der Waals surface area contributed by atoms with Gasteiger partial charge < -0.3 is 9.15 Å². The van der Waals surface area contributed by atoms with E-state index < -0.39 is 17.5 Å². The van der Waals surface area contributed by atoms with E-state index in [-0.39, 0.29) is 16.7 Å². The molecule has 2 heterocycles. The summed E-state index contributed by atoms with van der Waals surface area (Å²) in [6.07, 6.45) is 0.686. The van der Waals surface area contributed by atoms with Crippen LogP contribution in [0.1, 0.15) is 0 Å². The number of carbonyl (C=O) groups is 1. The molecule has 1 amide bonds. The molecule has 0 aliphatic rings. The fraction of sp³-hybridized carbons (Fsp3) is 0.200. The highest BCUT2D eigenvalue weighted by atomic mass is 127. The molecule has 19 heavy (non-hydrogen) atoms. The van der Waals surface area contributed by atoms with Gasteiger partial charge in [-0.3, -0.25) is 9.88 Å². The number of pyridine rings is 1. The van der Waals surface area contributed by atoms with Crippen LogP contribution < -0.4 is 16.7 Å². The predicted octanol–water partition coefficient (Wildman–Crippen LogP) is 0.670. The molecule has 2 rings (SSSR count). The average Bonchev–Trinajstić information content (AvgIpc) is 2.38. The molecular weight excluding hydrogens is 369 g/mol. The van der Waals surface area contributed by atoms with Crippen LogP contribution in [0.4, 0.5) is 10.5 Å². The SMILES string of the molecule is COC(=O)Nc1c(I)cnc2c1c(=O)oc(=O)n2C.